The van der Waals surface area contributed by atoms with Crippen LogP contribution in [0.1, 0.15) is 87.1 Å². The van der Waals surface area contributed by atoms with E-state index in [1.165, 1.54) is 24.5 Å². The predicted octanol–water partition coefficient (Wildman–Crippen LogP) is 4.50. The number of carboxylic acids is 1. The first kappa shape index (κ1) is 32.8. The van der Waals surface area contributed by atoms with Crippen LogP contribution in [0.5, 0.6) is 5.75 Å². The van der Waals surface area contributed by atoms with Crippen molar-refractivity contribution in [3.05, 3.63) is 52.2 Å². The van der Waals surface area contributed by atoms with Gasteiger partial charge in [0.1, 0.15) is 11.4 Å². The number of carbonyl (C=O) groups excluding carboxylic acids is 2. The van der Waals surface area contributed by atoms with Crippen molar-refractivity contribution in [1.29, 1.82) is 0 Å². The van der Waals surface area contributed by atoms with Crippen molar-refractivity contribution in [2.45, 2.75) is 79.4 Å². The van der Waals surface area contributed by atoms with Gasteiger partial charge >= 0.3 is 12.1 Å². The van der Waals surface area contributed by atoms with Gasteiger partial charge in [0.05, 0.1) is 29.9 Å². The van der Waals surface area contributed by atoms with E-state index in [-0.39, 0.29) is 23.0 Å². The van der Waals surface area contributed by atoms with Crippen LogP contribution in [0.15, 0.2) is 35.6 Å². The van der Waals surface area contributed by atoms with Crippen LogP contribution in [0, 0.1) is 12.8 Å². The molecule has 0 spiro atoms. The van der Waals surface area contributed by atoms with E-state index in [1.54, 1.807) is 24.5 Å². The zero-order valence-electron chi connectivity index (χ0n) is 26.1. The molecule has 10 heteroatoms. The van der Waals surface area contributed by atoms with Crippen molar-refractivity contribution in [3.63, 3.8) is 0 Å². The summed E-state index contributed by atoms with van der Waals surface area (Å²) in [6.07, 6.45) is 6.28. The van der Waals surface area contributed by atoms with E-state index >= 15 is 0 Å². The highest BCUT2D eigenvalue weighted by Gasteiger charge is 2.34. The molecule has 1 aliphatic carbocycles. The number of nitrogens with one attached hydrogen (secondary N) is 1. The highest BCUT2D eigenvalue weighted by atomic mass is 16.6. The highest BCUT2D eigenvalue weighted by molar-refractivity contribution is 6.00. The van der Waals surface area contributed by atoms with Crippen LogP contribution in [0.4, 0.5) is 4.79 Å². The van der Waals surface area contributed by atoms with Gasteiger partial charge in [-0.3, -0.25) is 9.69 Å². The van der Waals surface area contributed by atoms with E-state index < -0.39 is 23.6 Å². The molecule has 0 unspecified atom stereocenters. The molecule has 2 aliphatic rings. The van der Waals surface area contributed by atoms with Crippen molar-refractivity contribution >= 4 is 23.7 Å². The molecule has 0 aromatic heterocycles. The molecule has 10 nitrogen and oxygen atoms in total. The van der Waals surface area contributed by atoms with Gasteiger partial charge in [0, 0.05) is 20.0 Å². The predicted molar refractivity (Wildman–Crippen MR) is 162 cm³/mol. The van der Waals surface area contributed by atoms with Gasteiger partial charge < -0.3 is 25.6 Å². The monoisotopic (exact) mass is 583 g/mol. The molecule has 4 N–H and O–H groups in total. The summed E-state index contributed by atoms with van der Waals surface area (Å²) in [7, 11) is 0. The van der Waals surface area contributed by atoms with Crippen LogP contribution in [-0.2, 0) is 4.74 Å². The lowest BCUT2D eigenvalue weighted by Gasteiger charge is -2.30. The highest BCUT2D eigenvalue weighted by Crippen LogP contribution is 2.38. The van der Waals surface area contributed by atoms with Crippen LogP contribution in [0.2, 0.25) is 0 Å². The number of carboxylic acid groups (broad SMARTS) is 1. The number of aromatic carboxylic acids is 1. The summed E-state index contributed by atoms with van der Waals surface area (Å²) >= 11 is 0. The first-order chi connectivity index (χ1) is 19.7. The number of ether oxygens (including phenoxy) is 2. The summed E-state index contributed by atoms with van der Waals surface area (Å²) in [5, 5.41) is 12.4. The van der Waals surface area contributed by atoms with Gasteiger partial charge in [-0.2, -0.15) is 4.79 Å². The lowest BCUT2D eigenvalue weighted by molar-refractivity contribution is -0.458. The Morgan fingerprint density at radius 1 is 1.17 bits per heavy atom. The number of allylic oxidation sites excluding steroid dienone is 3. The van der Waals surface area contributed by atoms with Gasteiger partial charge in [0.25, 0.3) is 5.91 Å². The molecule has 3 rings (SSSR count). The smallest absolute Gasteiger partial charge is 0.482 e. The molecule has 0 bridgehead atoms. The largest absolute Gasteiger partial charge is 0.596 e. The minimum atomic E-state index is -1.12. The fraction of sp³-hybridized carbons (Fsp3) is 0.562. The van der Waals surface area contributed by atoms with Crippen LogP contribution in [-0.4, -0.2) is 82.7 Å². The minimum absolute atomic E-state index is 0.0344. The number of aryl methyl sites for hydroxylation is 1. The fourth-order valence-corrected chi connectivity index (χ4v) is 4.99. The third-order valence-corrected chi connectivity index (χ3v) is 7.37. The maximum atomic E-state index is 13.0. The quantitative estimate of drug-likeness (QED) is 0.256. The summed E-state index contributed by atoms with van der Waals surface area (Å²) in [5.41, 5.74) is 9.41. The van der Waals surface area contributed by atoms with Gasteiger partial charge in [0.2, 0.25) is 0 Å². The number of amides is 2. The average molecular weight is 584 g/mol. The fourth-order valence-electron chi connectivity index (χ4n) is 4.99. The number of nitrogens with two attached hydrogens (primary N) is 1. The number of rotatable bonds is 11. The maximum Gasteiger partial charge on any atom is 0.596 e. The number of carbonyl (C=O) groups is 3. The van der Waals surface area contributed by atoms with Gasteiger partial charge in [-0.05, 0) is 83.6 Å². The summed E-state index contributed by atoms with van der Waals surface area (Å²) in [6, 6.07) is 2.94. The molecule has 1 aromatic carbocycles. The Hall–Kier alpha value is -3.66. The zero-order chi connectivity index (χ0) is 31.2. The Bertz CT molecular complexity index is 1290. The zero-order valence-corrected chi connectivity index (χ0v) is 26.1. The van der Waals surface area contributed by atoms with Crippen molar-refractivity contribution in [2.75, 3.05) is 32.7 Å². The SMILES string of the molecule is CCNC(=O)c1cc(C(=O)O)c(C)cc1O[C@H](CN1CC[N+](C(=O)OC(C)(C)C)=C(C)C1)/C(N)=C/C=C(\CC)C1CC1. The van der Waals surface area contributed by atoms with Crippen LogP contribution >= 0.6 is 0 Å². The lowest BCUT2D eigenvalue weighted by atomic mass is 10.0. The molecular weight excluding hydrogens is 536 g/mol. The first-order valence-electron chi connectivity index (χ1n) is 14.8. The molecule has 0 saturated heterocycles. The second kappa shape index (κ2) is 14.0. The maximum absolute atomic E-state index is 13.0. The van der Waals surface area contributed by atoms with Crippen LogP contribution in [0.25, 0.3) is 0 Å². The molecule has 42 heavy (non-hydrogen) atoms. The van der Waals surface area contributed by atoms with Crippen molar-refractivity contribution in [3.8, 4) is 5.75 Å². The normalized spacial score (nSPS) is 17.6. The Balaban J connectivity index is 1.95. The standard InChI is InChI=1S/C32H46N4O6/c1-8-22(23-10-11-23)12-13-26(33)28(19-35-14-15-36(21(4)18-35)31(40)42-32(5,6)7)41-27-16-20(3)24(30(38)39)17-25(27)29(37)34-9-2/h12-13,16-17,23,28H,8-11,14-15,18-19,33H2,1-7H3,(H-,34,37,38,39)/p+1/b22-12+,26-13-/t28-/m1/s1. The van der Waals surface area contributed by atoms with E-state index in [0.29, 0.717) is 49.9 Å². The number of nitrogens with zero attached hydrogens (tertiary/aromatic N) is 2. The Morgan fingerprint density at radius 2 is 1.86 bits per heavy atom. The van der Waals surface area contributed by atoms with E-state index in [4.69, 9.17) is 15.2 Å². The Morgan fingerprint density at radius 3 is 2.40 bits per heavy atom. The second-order valence-corrected chi connectivity index (χ2v) is 12.1. The second-order valence-electron chi connectivity index (χ2n) is 12.1. The van der Waals surface area contributed by atoms with Gasteiger partial charge in [0.15, 0.2) is 18.4 Å². The number of hydrogen-bond acceptors (Lipinski definition) is 7. The molecular formula is C32H47N4O6+. The van der Waals surface area contributed by atoms with Gasteiger partial charge in [-0.25, -0.2) is 4.79 Å². The average Bonchev–Trinajstić information content (AvgIpc) is 3.73. The molecule has 1 heterocycles. The third kappa shape index (κ3) is 8.92. The van der Waals surface area contributed by atoms with Gasteiger partial charge in [-0.15, -0.1) is 4.58 Å². The van der Waals surface area contributed by atoms with E-state index in [1.807, 2.05) is 33.8 Å². The van der Waals surface area contributed by atoms with Crippen LogP contribution < -0.4 is 15.8 Å². The Kier molecular flexibility index (Phi) is 11.0. The summed E-state index contributed by atoms with van der Waals surface area (Å²) in [4.78, 5) is 39.7. The molecule has 1 saturated carbocycles. The molecule has 1 aromatic rings. The molecule has 2 amide bonds. The van der Waals surface area contributed by atoms with Crippen molar-refractivity contribution in [2.24, 2.45) is 11.7 Å². The molecule has 1 aliphatic heterocycles. The number of benzene rings is 1. The Labute approximate surface area is 249 Å². The van der Waals surface area contributed by atoms with E-state index in [2.05, 4.69) is 23.2 Å². The number of hydrogen-bond donors (Lipinski definition) is 3. The van der Waals surface area contributed by atoms with E-state index in [9.17, 15) is 19.5 Å². The van der Waals surface area contributed by atoms with Crippen molar-refractivity contribution < 1.29 is 33.5 Å². The molecule has 0 radical (unpaired) electrons. The van der Waals surface area contributed by atoms with Gasteiger partial charge in [-0.1, -0.05) is 18.6 Å². The summed E-state index contributed by atoms with van der Waals surface area (Å²) in [6.45, 7) is 15.3. The molecule has 230 valence electrons. The summed E-state index contributed by atoms with van der Waals surface area (Å²) < 4.78 is 13.7. The van der Waals surface area contributed by atoms with E-state index in [0.717, 1.165) is 12.1 Å². The van der Waals surface area contributed by atoms with Crippen LogP contribution in [0.3, 0.4) is 0 Å². The third-order valence-electron chi connectivity index (χ3n) is 7.37. The first-order valence-corrected chi connectivity index (χ1v) is 14.8. The molecule has 1 fully saturated rings. The summed E-state index contributed by atoms with van der Waals surface area (Å²) in [5.74, 6) is -0.674. The van der Waals surface area contributed by atoms with Crippen molar-refractivity contribution in [1.82, 2.24) is 10.2 Å². The topological polar surface area (TPSA) is 134 Å². The lowest BCUT2D eigenvalue weighted by Crippen LogP contribution is -2.50. The minimum Gasteiger partial charge on any atom is -0.482 e. The molecule has 1 atom stereocenters.